The van der Waals surface area contributed by atoms with Crippen LogP contribution in [0.25, 0.3) is 6.08 Å². The monoisotopic (exact) mass is 324 g/mol. The number of nitrogens with one attached hydrogen (secondary N) is 1. The minimum atomic E-state index is -0.563. The highest BCUT2D eigenvalue weighted by molar-refractivity contribution is 6.03. The van der Waals surface area contributed by atoms with E-state index >= 15 is 0 Å². The second kappa shape index (κ2) is 7.73. The molecule has 3 N–H and O–H groups in total. The smallest absolute Gasteiger partial charge is 0.337 e. The molecule has 0 heterocycles. The van der Waals surface area contributed by atoms with E-state index in [-0.39, 0.29) is 5.91 Å². The Labute approximate surface area is 138 Å². The van der Waals surface area contributed by atoms with Gasteiger partial charge in [-0.1, -0.05) is 18.2 Å². The molecule has 0 aliphatic heterocycles. The van der Waals surface area contributed by atoms with Crippen LogP contribution in [0, 0.1) is 0 Å². The predicted molar refractivity (Wildman–Crippen MR) is 90.4 cm³/mol. The standard InChI is InChI=1S/C18H16N2O4/c1-24-18(23)13-8-5-12(6-9-13)7-10-16(21)20-15-4-2-3-14(11-15)17(19)22/h2-11H,1H3,(H2,19,22)(H,20,21)/b10-7+. The summed E-state index contributed by atoms with van der Waals surface area (Å²) in [4.78, 5) is 34.3. The fourth-order valence-corrected chi connectivity index (χ4v) is 1.95. The molecule has 0 radical (unpaired) electrons. The molecule has 2 amide bonds. The molecule has 2 rings (SSSR count). The van der Waals surface area contributed by atoms with E-state index in [4.69, 9.17) is 5.73 Å². The van der Waals surface area contributed by atoms with E-state index in [1.807, 2.05) is 0 Å². The Morgan fingerprint density at radius 1 is 1.04 bits per heavy atom. The molecule has 0 saturated carbocycles. The van der Waals surface area contributed by atoms with Crippen molar-refractivity contribution in [3.63, 3.8) is 0 Å². The summed E-state index contributed by atoms with van der Waals surface area (Å²) in [6.45, 7) is 0. The average Bonchev–Trinajstić information content (AvgIpc) is 2.60. The Balaban J connectivity index is 2.01. The number of methoxy groups -OCH3 is 1. The van der Waals surface area contributed by atoms with Gasteiger partial charge in [0.25, 0.3) is 0 Å². The van der Waals surface area contributed by atoms with Gasteiger partial charge in [0.05, 0.1) is 12.7 Å². The Kier molecular flexibility index (Phi) is 5.46. The molecule has 24 heavy (non-hydrogen) atoms. The maximum absolute atomic E-state index is 11.9. The molecule has 0 saturated heterocycles. The summed E-state index contributed by atoms with van der Waals surface area (Å²) in [6.07, 6.45) is 2.96. The zero-order chi connectivity index (χ0) is 17.5. The Bertz CT molecular complexity index is 795. The van der Waals surface area contributed by atoms with E-state index in [2.05, 4.69) is 10.1 Å². The number of anilines is 1. The van der Waals surface area contributed by atoms with Crippen molar-refractivity contribution >= 4 is 29.5 Å². The van der Waals surface area contributed by atoms with E-state index in [9.17, 15) is 14.4 Å². The number of hydrogen-bond acceptors (Lipinski definition) is 4. The molecular formula is C18H16N2O4. The lowest BCUT2D eigenvalue weighted by atomic mass is 10.1. The third-order valence-electron chi connectivity index (χ3n) is 3.17. The van der Waals surface area contributed by atoms with Crippen molar-refractivity contribution in [2.75, 3.05) is 12.4 Å². The van der Waals surface area contributed by atoms with Crippen molar-refractivity contribution in [1.82, 2.24) is 0 Å². The van der Waals surface area contributed by atoms with Gasteiger partial charge in [-0.2, -0.15) is 0 Å². The lowest BCUT2D eigenvalue weighted by molar-refractivity contribution is -0.111. The first kappa shape index (κ1) is 17.0. The highest BCUT2D eigenvalue weighted by Crippen LogP contribution is 2.11. The van der Waals surface area contributed by atoms with Crippen LogP contribution in [-0.2, 0) is 9.53 Å². The second-order valence-electron chi connectivity index (χ2n) is 4.88. The van der Waals surface area contributed by atoms with Crippen LogP contribution >= 0.6 is 0 Å². The lowest BCUT2D eigenvalue weighted by Gasteiger charge is -2.03. The number of esters is 1. The van der Waals surface area contributed by atoms with Crippen molar-refractivity contribution in [3.05, 3.63) is 71.3 Å². The van der Waals surface area contributed by atoms with Gasteiger partial charge in [0, 0.05) is 17.3 Å². The Morgan fingerprint density at radius 3 is 2.38 bits per heavy atom. The van der Waals surface area contributed by atoms with E-state index in [1.165, 1.54) is 19.3 Å². The number of benzene rings is 2. The van der Waals surface area contributed by atoms with Crippen LogP contribution in [0.3, 0.4) is 0 Å². The molecule has 6 nitrogen and oxygen atoms in total. The van der Waals surface area contributed by atoms with Gasteiger partial charge >= 0.3 is 5.97 Å². The third kappa shape index (κ3) is 4.54. The summed E-state index contributed by atoms with van der Waals surface area (Å²) in [5, 5.41) is 2.64. The number of carbonyl (C=O) groups is 3. The van der Waals surface area contributed by atoms with Gasteiger partial charge in [-0.25, -0.2) is 4.79 Å². The fourth-order valence-electron chi connectivity index (χ4n) is 1.95. The molecule has 6 heteroatoms. The van der Waals surface area contributed by atoms with Gasteiger partial charge in [-0.15, -0.1) is 0 Å². The van der Waals surface area contributed by atoms with Crippen LogP contribution < -0.4 is 11.1 Å². The highest BCUT2D eigenvalue weighted by atomic mass is 16.5. The molecule has 0 aromatic heterocycles. The lowest BCUT2D eigenvalue weighted by Crippen LogP contribution is -2.12. The second-order valence-corrected chi connectivity index (χ2v) is 4.88. The predicted octanol–water partition coefficient (Wildman–Crippen LogP) is 2.22. The zero-order valence-electron chi connectivity index (χ0n) is 13.0. The van der Waals surface area contributed by atoms with Gasteiger partial charge in [-0.3, -0.25) is 9.59 Å². The largest absolute Gasteiger partial charge is 0.465 e. The normalized spacial score (nSPS) is 10.4. The number of primary amides is 1. The quantitative estimate of drug-likeness (QED) is 0.651. The number of carbonyl (C=O) groups excluding carboxylic acids is 3. The van der Waals surface area contributed by atoms with E-state index in [0.29, 0.717) is 16.8 Å². The first-order chi connectivity index (χ1) is 11.5. The van der Waals surface area contributed by atoms with Gasteiger partial charge in [0.2, 0.25) is 11.8 Å². The number of rotatable bonds is 5. The van der Waals surface area contributed by atoms with Crippen LogP contribution in [0.4, 0.5) is 5.69 Å². The van der Waals surface area contributed by atoms with Gasteiger partial charge in [0.1, 0.15) is 0 Å². The van der Waals surface area contributed by atoms with Gasteiger partial charge in [-0.05, 0) is 42.0 Å². The van der Waals surface area contributed by atoms with Crippen molar-refractivity contribution in [2.24, 2.45) is 5.73 Å². The minimum Gasteiger partial charge on any atom is -0.465 e. The molecule has 122 valence electrons. The zero-order valence-corrected chi connectivity index (χ0v) is 13.0. The Hall–Kier alpha value is -3.41. The van der Waals surface area contributed by atoms with Crippen molar-refractivity contribution < 1.29 is 19.1 Å². The molecule has 0 aliphatic rings. The van der Waals surface area contributed by atoms with Gasteiger partial charge in [0.15, 0.2) is 0 Å². The molecule has 2 aromatic rings. The molecule has 0 aliphatic carbocycles. The van der Waals surface area contributed by atoms with Crippen molar-refractivity contribution in [2.45, 2.75) is 0 Å². The topological polar surface area (TPSA) is 98.5 Å². The highest BCUT2D eigenvalue weighted by Gasteiger charge is 2.04. The van der Waals surface area contributed by atoms with E-state index in [0.717, 1.165) is 5.56 Å². The SMILES string of the molecule is COC(=O)c1ccc(/C=C/C(=O)Nc2cccc(C(N)=O)c2)cc1. The summed E-state index contributed by atoms with van der Waals surface area (Å²) >= 11 is 0. The van der Waals surface area contributed by atoms with E-state index < -0.39 is 11.9 Å². The molecule has 0 fully saturated rings. The summed E-state index contributed by atoms with van der Waals surface area (Å²) < 4.78 is 4.61. The van der Waals surface area contributed by atoms with Crippen LogP contribution in [0.15, 0.2) is 54.6 Å². The van der Waals surface area contributed by atoms with Gasteiger partial charge < -0.3 is 15.8 Å². The van der Waals surface area contributed by atoms with Crippen LogP contribution in [0.1, 0.15) is 26.3 Å². The van der Waals surface area contributed by atoms with Crippen LogP contribution in [0.5, 0.6) is 0 Å². The minimum absolute atomic E-state index is 0.315. The summed E-state index contributed by atoms with van der Waals surface area (Å²) in [6, 6.07) is 13.0. The summed E-state index contributed by atoms with van der Waals surface area (Å²) in [5.74, 6) is -1.33. The van der Waals surface area contributed by atoms with E-state index in [1.54, 1.807) is 48.5 Å². The number of nitrogens with two attached hydrogens (primary N) is 1. The molecule has 0 bridgehead atoms. The molecule has 2 aromatic carbocycles. The van der Waals surface area contributed by atoms with Crippen LogP contribution in [0.2, 0.25) is 0 Å². The first-order valence-corrected chi connectivity index (χ1v) is 7.07. The molecule has 0 atom stereocenters. The first-order valence-electron chi connectivity index (χ1n) is 7.07. The number of ether oxygens (including phenoxy) is 1. The van der Waals surface area contributed by atoms with Crippen molar-refractivity contribution in [3.8, 4) is 0 Å². The maximum Gasteiger partial charge on any atom is 0.337 e. The fraction of sp³-hybridized carbons (Fsp3) is 0.0556. The summed E-state index contributed by atoms with van der Waals surface area (Å²) in [7, 11) is 1.31. The molecular weight excluding hydrogens is 308 g/mol. The van der Waals surface area contributed by atoms with Crippen molar-refractivity contribution in [1.29, 1.82) is 0 Å². The summed E-state index contributed by atoms with van der Waals surface area (Å²) in [5.41, 5.74) is 7.17. The molecule has 0 unspecified atom stereocenters. The number of amides is 2. The van der Waals surface area contributed by atoms with Crippen LogP contribution in [-0.4, -0.2) is 24.9 Å². The molecule has 0 spiro atoms. The third-order valence-corrected chi connectivity index (χ3v) is 3.17. The maximum atomic E-state index is 11.9. The number of hydrogen-bond donors (Lipinski definition) is 2. The average molecular weight is 324 g/mol. The Morgan fingerprint density at radius 2 is 1.75 bits per heavy atom.